The summed E-state index contributed by atoms with van der Waals surface area (Å²) in [6, 6.07) is 0. The molecule has 0 aliphatic carbocycles. The van der Waals surface area contributed by atoms with Crippen LogP contribution in [-0.2, 0) is 4.74 Å². The van der Waals surface area contributed by atoms with E-state index in [2.05, 4.69) is 14.9 Å². The van der Waals surface area contributed by atoms with Crippen LogP contribution in [0.4, 0.5) is 5.82 Å². The zero-order valence-corrected chi connectivity index (χ0v) is 11.6. The fraction of sp³-hybridized carbons (Fsp3) is 0.643. The minimum absolute atomic E-state index is 0.0500. The van der Waals surface area contributed by atoms with E-state index in [-0.39, 0.29) is 5.91 Å². The van der Waals surface area contributed by atoms with E-state index in [0.29, 0.717) is 32.0 Å². The van der Waals surface area contributed by atoms with Gasteiger partial charge in [-0.05, 0) is 19.3 Å². The highest BCUT2D eigenvalue weighted by Crippen LogP contribution is 2.16. The largest absolute Gasteiger partial charge is 0.378 e. The average molecular weight is 276 g/mol. The highest BCUT2D eigenvalue weighted by molar-refractivity contribution is 5.92. The number of rotatable bonds is 2. The number of morpholine rings is 1. The second-order valence-corrected chi connectivity index (χ2v) is 5.21. The van der Waals surface area contributed by atoms with E-state index in [1.165, 1.54) is 19.3 Å². The molecule has 0 radical (unpaired) electrons. The molecule has 6 heteroatoms. The van der Waals surface area contributed by atoms with Crippen molar-refractivity contribution in [1.82, 2.24) is 14.9 Å². The van der Waals surface area contributed by atoms with Gasteiger partial charge in [0.25, 0.3) is 5.91 Å². The molecule has 0 N–H and O–H groups in total. The van der Waals surface area contributed by atoms with Crippen LogP contribution in [0.2, 0.25) is 0 Å². The highest BCUT2D eigenvalue weighted by Gasteiger charge is 2.20. The molecule has 1 amide bonds. The molecule has 108 valence electrons. The van der Waals surface area contributed by atoms with Crippen molar-refractivity contribution in [1.29, 1.82) is 0 Å². The Kier molecular flexibility index (Phi) is 4.11. The molecule has 6 nitrogen and oxygen atoms in total. The third-order valence-electron chi connectivity index (χ3n) is 3.84. The van der Waals surface area contributed by atoms with Gasteiger partial charge in [0.05, 0.1) is 25.6 Å². The Bertz CT molecular complexity index is 451. The summed E-state index contributed by atoms with van der Waals surface area (Å²) >= 11 is 0. The molecule has 0 unspecified atom stereocenters. The molecule has 0 bridgehead atoms. The molecule has 0 aromatic carbocycles. The Hall–Kier alpha value is -1.69. The number of ether oxygens (including phenoxy) is 1. The first-order valence-corrected chi connectivity index (χ1v) is 7.28. The van der Waals surface area contributed by atoms with E-state index < -0.39 is 0 Å². The predicted molar refractivity (Wildman–Crippen MR) is 74.8 cm³/mol. The van der Waals surface area contributed by atoms with E-state index in [1.807, 2.05) is 0 Å². The number of anilines is 1. The van der Waals surface area contributed by atoms with Crippen LogP contribution in [0.3, 0.4) is 0 Å². The van der Waals surface area contributed by atoms with Gasteiger partial charge in [-0.1, -0.05) is 0 Å². The van der Waals surface area contributed by atoms with E-state index in [4.69, 9.17) is 4.74 Å². The number of piperidine rings is 1. The Balaban J connectivity index is 1.67. The van der Waals surface area contributed by atoms with Crippen molar-refractivity contribution in [3.8, 4) is 0 Å². The third-order valence-corrected chi connectivity index (χ3v) is 3.84. The van der Waals surface area contributed by atoms with Gasteiger partial charge in [0.1, 0.15) is 11.5 Å². The summed E-state index contributed by atoms with van der Waals surface area (Å²) in [5.41, 5.74) is 0.424. The monoisotopic (exact) mass is 276 g/mol. The fourth-order valence-corrected chi connectivity index (χ4v) is 2.65. The third kappa shape index (κ3) is 2.90. The van der Waals surface area contributed by atoms with Gasteiger partial charge in [-0.15, -0.1) is 0 Å². The zero-order valence-electron chi connectivity index (χ0n) is 11.6. The molecule has 2 saturated heterocycles. The molecule has 0 spiro atoms. The van der Waals surface area contributed by atoms with Crippen molar-refractivity contribution in [2.24, 2.45) is 0 Å². The number of hydrogen-bond donors (Lipinski definition) is 0. The van der Waals surface area contributed by atoms with Gasteiger partial charge in [0.15, 0.2) is 0 Å². The van der Waals surface area contributed by atoms with Crippen LogP contribution >= 0.6 is 0 Å². The van der Waals surface area contributed by atoms with E-state index in [9.17, 15) is 4.79 Å². The zero-order chi connectivity index (χ0) is 13.8. The maximum Gasteiger partial charge on any atom is 0.274 e. The van der Waals surface area contributed by atoms with E-state index in [0.717, 1.165) is 18.9 Å². The first kappa shape index (κ1) is 13.3. The summed E-state index contributed by atoms with van der Waals surface area (Å²) in [5.74, 6) is 0.828. The second-order valence-electron chi connectivity index (χ2n) is 5.21. The first-order chi connectivity index (χ1) is 9.84. The SMILES string of the molecule is O=C(c1cnc(N2CCCCC2)cn1)N1CCOCC1. The lowest BCUT2D eigenvalue weighted by Crippen LogP contribution is -2.41. The molecule has 1 aromatic heterocycles. The normalized spacial score (nSPS) is 20.0. The van der Waals surface area contributed by atoms with Gasteiger partial charge >= 0.3 is 0 Å². The summed E-state index contributed by atoms with van der Waals surface area (Å²) in [7, 11) is 0. The topological polar surface area (TPSA) is 58.6 Å². The lowest BCUT2D eigenvalue weighted by atomic mass is 10.1. The number of aromatic nitrogens is 2. The molecule has 2 aliphatic heterocycles. The number of amides is 1. The predicted octanol–water partition coefficient (Wildman–Crippen LogP) is 0.939. The molecule has 0 atom stereocenters. The van der Waals surface area contributed by atoms with Crippen molar-refractivity contribution < 1.29 is 9.53 Å². The van der Waals surface area contributed by atoms with E-state index in [1.54, 1.807) is 17.3 Å². The number of hydrogen-bond acceptors (Lipinski definition) is 5. The van der Waals surface area contributed by atoms with Gasteiger partial charge in [-0.3, -0.25) is 4.79 Å². The molecule has 1 aromatic rings. The summed E-state index contributed by atoms with van der Waals surface area (Å²) in [6.45, 7) is 4.54. The van der Waals surface area contributed by atoms with Crippen LogP contribution in [0.25, 0.3) is 0 Å². The van der Waals surface area contributed by atoms with Crippen LogP contribution < -0.4 is 4.90 Å². The van der Waals surface area contributed by atoms with Crippen molar-refractivity contribution >= 4 is 11.7 Å². The molecule has 0 saturated carbocycles. The highest BCUT2D eigenvalue weighted by atomic mass is 16.5. The van der Waals surface area contributed by atoms with Crippen LogP contribution in [0.1, 0.15) is 29.8 Å². The maximum absolute atomic E-state index is 12.2. The van der Waals surface area contributed by atoms with Gasteiger partial charge in [-0.2, -0.15) is 0 Å². The number of carbonyl (C=O) groups excluding carboxylic acids is 1. The number of nitrogens with zero attached hydrogens (tertiary/aromatic N) is 4. The van der Waals surface area contributed by atoms with Crippen molar-refractivity contribution in [3.05, 3.63) is 18.1 Å². The molecule has 20 heavy (non-hydrogen) atoms. The standard InChI is InChI=1S/C14H20N4O2/c19-14(18-6-8-20-9-7-18)12-10-16-13(11-15-12)17-4-2-1-3-5-17/h10-11H,1-9H2. The van der Waals surface area contributed by atoms with Gasteiger partial charge in [0, 0.05) is 26.2 Å². The Morgan fingerprint density at radius 3 is 2.40 bits per heavy atom. The van der Waals surface area contributed by atoms with Crippen molar-refractivity contribution in [2.45, 2.75) is 19.3 Å². The first-order valence-electron chi connectivity index (χ1n) is 7.28. The van der Waals surface area contributed by atoms with Crippen molar-refractivity contribution in [2.75, 3.05) is 44.3 Å². The molecular formula is C14H20N4O2. The van der Waals surface area contributed by atoms with Crippen LogP contribution in [0.5, 0.6) is 0 Å². The molecule has 3 heterocycles. The summed E-state index contributed by atoms with van der Waals surface area (Å²) < 4.78 is 5.25. The molecular weight excluding hydrogens is 256 g/mol. The minimum Gasteiger partial charge on any atom is -0.378 e. The quantitative estimate of drug-likeness (QED) is 0.804. The fourth-order valence-electron chi connectivity index (χ4n) is 2.65. The Labute approximate surface area is 118 Å². The van der Waals surface area contributed by atoms with Gasteiger partial charge < -0.3 is 14.5 Å². The van der Waals surface area contributed by atoms with Crippen LogP contribution in [0, 0.1) is 0 Å². The molecule has 2 aliphatic rings. The lowest BCUT2D eigenvalue weighted by molar-refractivity contribution is 0.0298. The summed E-state index contributed by atoms with van der Waals surface area (Å²) in [5, 5.41) is 0. The van der Waals surface area contributed by atoms with E-state index >= 15 is 0 Å². The lowest BCUT2D eigenvalue weighted by Gasteiger charge is -2.28. The summed E-state index contributed by atoms with van der Waals surface area (Å²) in [6.07, 6.45) is 7.02. The van der Waals surface area contributed by atoms with Crippen molar-refractivity contribution in [3.63, 3.8) is 0 Å². The maximum atomic E-state index is 12.2. The second kappa shape index (κ2) is 6.17. The van der Waals surface area contributed by atoms with Gasteiger partial charge in [-0.25, -0.2) is 9.97 Å². The minimum atomic E-state index is -0.0500. The van der Waals surface area contributed by atoms with Gasteiger partial charge in [0.2, 0.25) is 0 Å². The Morgan fingerprint density at radius 2 is 1.75 bits per heavy atom. The molecule has 3 rings (SSSR count). The molecule has 2 fully saturated rings. The van der Waals surface area contributed by atoms with Crippen LogP contribution in [0.15, 0.2) is 12.4 Å². The smallest absolute Gasteiger partial charge is 0.274 e. The van der Waals surface area contributed by atoms with Crippen LogP contribution in [-0.4, -0.2) is 60.2 Å². The Morgan fingerprint density at radius 1 is 1.00 bits per heavy atom. The summed E-state index contributed by atoms with van der Waals surface area (Å²) in [4.78, 5) is 24.9. The average Bonchev–Trinajstić information content (AvgIpc) is 2.56. The number of carbonyl (C=O) groups is 1.